The number of hydrogen-bond acceptors (Lipinski definition) is 3. The molecule has 2 nitrogen and oxygen atoms in total. The van der Waals surface area contributed by atoms with Gasteiger partial charge in [-0.05, 0) is 49.6 Å². The van der Waals surface area contributed by atoms with Crippen LogP contribution in [-0.4, -0.2) is 25.0 Å². The van der Waals surface area contributed by atoms with Crippen LogP contribution >= 0.6 is 11.8 Å². The highest BCUT2D eigenvalue weighted by Gasteiger charge is 2.15. The summed E-state index contributed by atoms with van der Waals surface area (Å²) >= 11 is 2.01. The van der Waals surface area contributed by atoms with E-state index in [1.807, 2.05) is 11.8 Å². The van der Waals surface area contributed by atoms with Crippen LogP contribution in [0.15, 0.2) is 23.1 Å². The quantitative estimate of drug-likeness (QED) is 0.882. The van der Waals surface area contributed by atoms with E-state index in [0.717, 1.165) is 31.6 Å². The first-order chi connectivity index (χ1) is 8.79. The molecular weight excluding hydrogens is 242 g/mol. The summed E-state index contributed by atoms with van der Waals surface area (Å²) < 4.78 is 5.40. The molecule has 0 aliphatic carbocycles. The third-order valence-electron chi connectivity index (χ3n) is 3.35. The highest BCUT2D eigenvalue weighted by molar-refractivity contribution is 8.00. The Balaban J connectivity index is 1.94. The van der Waals surface area contributed by atoms with Crippen molar-refractivity contribution in [3.8, 4) is 0 Å². The molecule has 1 heterocycles. The van der Waals surface area contributed by atoms with Crippen molar-refractivity contribution in [2.75, 3.05) is 19.8 Å². The molecule has 1 aromatic rings. The zero-order valence-corrected chi connectivity index (χ0v) is 12.2. The van der Waals surface area contributed by atoms with Crippen molar-refractivity contribution < 1.29 is 4.74 Å². The van der Waals surface area contributed by atoms with Crippen molar-refractivity contribution in [1.82, 2.24) is 5.32 Å². The summed E-state index contributed by atoms with van der Waals surface area (Å²) in [6, 6.07) is 6.85. The van der Waals surface area contributed by atoms with Crippen LogP contribution in [0.4, 0.5) is 0 Å². The van der Waals surface area contributed by atoms with Gasteiger partial charge in [-0.1, -0.05) is 13.0 Å². The van der Waals surface area contributed by atoms with Crippen molar-refractivity contribution in [2.24, 2.45) is 0 Å². The molecule has 1 saturated heterocycles. The Labute approximate surface area is 114 Å². The van der Waals surface area contributed by atoms with E-state index in [1.165, 1.54) is 28.9 Å². The van der Waals surface area contributed by atoms with E-state index in [0.29, 0.717) is 0 Å². The Morgan fingerprint density at radius 2 is 2.11 bits per heavy atom. The SMILES string of the molecule is CCNCc1ccc(SC2CCOCC2)cc1C. The molecule has 0 bridgehead atoms. The van der Waals surface area contributed by atoms with Crippen LogP contribution in [0.25, 0.3) is 0 Å². The van der Waals surface area contributed by atoms with Gasteiger partial charge in [0.05, 0.1) is 0 Å². The van der Waals surface area contributed by atoms with Crippen molar-refractivity contribution in [3.05, 3.63) is 29.3 Å². The van der Waals surface area contributed by atoms with Crippen LogP contribution in [-0.2, 0) is 11.3 Å². The van der Waals surface area contributed by atoms with Gasteiger partial charge in [-0.25, -0.2) is 0 Å². The van der Waals surface area contributed by atoms with Gasteiger partial charge >= 0.3 is 0 Å². The molecular formula is C15H23NOS. The predicted octanol–water partition coefficient (Wildman–Crippen LogP) is 3.38. The van der Waals surface area contributed by atoms with Gasteiger partial charge < -0.3 is 10.1 Å². The Kier molecular flexibility index (Phi) is 5.54. The van der Waals surface area contributed by atoms with Crippen molar-refractivity contribution in [2.45, 2.75) is 43.4 Å². The molecule has 0 amide bonds. The molecule has 0 atom stereocenters. The summed E-state index contributed by atoms with van der Waals surface area (Å²) in [6.45, 7) is 8.21. The first-order valence-electron chi connectivity index (χ1n) is 6.84. The second-order valence-electron chi connectivity index (χ2n) is 4.80. The van der Waals surface area contributed by atoms with Gasteiger partial charge in [0.1, 0.15) is 0 Å². The molecule has 1 aliphatic heterocycles. The fourth-order valence-electron chi connectivity index (χ4n) is 2.19. The normalized spacial score (nSPS) is 17.0. The van der Waals surface area contributed by atoms with E-state index in [-0.39, 0.29) is 0 Å². The summed E-state index contributed by atoms with van der Waals surface area (Å²) in [5.41, 5.74) is 2.81. The van der Waals surface area contributed by atoms with Gasteiger partial charge in [0.2, 0.25) is 0 Å². The van der Waals surface area contributed by atoms with E-state index in [9.17, 15) is 0 Å². The number of ether oxygens (including phenoxy) is 1. The Bertz CT molecular complexity index is 375. The summed E-state index contributed by atoms with van der Waals surface area (Å²) in [5, 5.41) is 4.12. The van der Waals surface area contributed by atoms with Crippen molar-refractivity contribution in [3.63, 3.8) is 0 Å². The Morgan fingerprint density at radius 1 is 1.33 bits per heavy atom. The average molecular weight is 265 g/mol. The van der Waals surface area contributed by atoms with Crippen molar-refractivity contribution in [1.29, 1.82) is 0 Å². The van der Waals surface area contributed by atoms with Gasteiger partial charge in [0.15, 0.2) is 0 Å². The van der Waals surface area contributed by atoms with Crippen LogP contribution in [0.5, 0.6) is 0 Å². The third kappa shape index (κ3) is 4.01. The van der Waals surface area contributed by atoms with Crippen LogP contribution in [0.2, 0.25) is 0 Å². The molecule has 0 radical (unpaired) electrons. The summed E-state index contributed by atoms with van der Waals surface area (Å²) in [4.78, 5) is 1.40. The first kappa shape index (κ1) is 13.9. The maximum absolute atomic E-state index is 5.40. The van der Waals surface area contributed by atoms with Crippen LogP contribution in [0.3, 0.4) is 0 Å². The highest BCUT2D eigenvalue weighted by Crippen LogP contribution is 2.30. The standard InChI is InChI=1S/C15H23NOS/c1-3-16-11-13-4-5-15(10-12(13)2)18-14-6-8-17-9-7-14/h4-5,10,14,16H,3,6-9,11H2,1-2H3. The molecule has 1 aromatic carbocycles. The number of rotatable bonds is 5. The molecule has 0 unspecified atom stereocenters. The molecule has 1 aliphatic rings. The lowest BCUT2D eigenvalue weighted by atomic mass is 10.1. The average Bonchev–Trinajstić information content (AvgIpc) is 2.39. The summed E-state index contributed by atoms with van der Waals surface area (Å²) in [6.07, 6.45) is 2.37. The van der Waals surface area contributed by atoms with E-state index < -0.39 is 0 Å². The second kappa shape index (κ2) is 7.17. The first-order valence-corrected chi connectivity index (χ1v) is 7.72. The molecule has 2 rings (SSSR count). The molecule has 1 fully saturated rings. The molecule has 18 heavy (non-hydrogen) atoms. The summed E-state index contributed by atoms with van der Waals surface area (Å²) in [7, 11) is 0. The van der Waals surface area contributed by atoms with Gasteiger partial charge in [0, 0.05) is 29.9 Å². The largest absolute Gasteiger partial charge is 0.381 e. The minimum absolute atomic E-state index is 0.734. The topological polar surface area (TPSA) is 21.3 Å². The molecule has 0 saturated carbocycles. The molecule has 3 heteroatoms. The fourth-order valence-corrected chi connectivity index (χ4v) is 3.39. The third-order valence-corrected chi connectivity index (χ3v) is 4.68. The zero-order chi connectivity index (χ0) is 12.8. The van der Waals surface area contributed by atoms with E-state index in [1.54, 1.807) is 0 Å². The van der Waals surface area contributed by atoms with Crippen LogP contribution < -0.4 is 5.32 Å². The lowest BCUT2D eigenvalue weighted by molar-refractivity contribution is 0.100. The van der Waals surface area contributed by atoms with Gasteiger partial charge in [-0.3, -0.25) is 0 Å². The summed E-state index contributed by atoms with van der Waals surface area (Å²) in [5.74, 6) is 0. The lowest BCUT2D eigenvalue weighted by Crippen LogP contribution is -2.17. The number of benzene rings is 1. The molecule has 0 spiro atoms. The molecule has 1 N–H and O–H groups in total. The highest BCUT2D eigenvalue weighted by atomic mass is 32.2. The fraction of sp³-hybridized carbons (Fsp3) is 0.600. The minimum Gasteiger partial charge on any atom is -0.381 e. The number of thioether (sulfide) groups is 1. The Hall–Kier alpha value is -0.510. The van der Waals surface area contributed by atoms with Gasteiger partial charge in [-0.2, -0.15) is 0 Å². The smallest absolute Gasteiger partial charge is 0.0476 e. The van der Waals surface area contributed by atoms with E-state index >= 15 is 0 Å². The van der Waals surface area contributed by atoms with Crippen molar-refractivity contribution >= 4 is 11.8 Å². The number of nitrogens with one attached hydrogen (secondary N) is 1. The minimum atomic E-state index is 0.734. The second-order valence-corrected chi connectivity index (χ2v) is 6.17. The monoisotopic (exact) mass is 265 g/mol. The van der Waals surface area contributed by atoms with Gasteiger partial charge in [0.25, 0.3) is 0 Å². The van der Waals surface area contributed by atoms with Gasteiger partial charge in [-0.15, -0.1) is 11.8 Å². The molecule has 100 valence electrons. The van der Waals surface area contributed by atoms with E-state index in [4.69, 9.17) is 4.74 Å². The zero-order valence-electron chi connectivity index (χ0n) is 11.4. The number of aryl methyl sites for hydroxylation is 1. The van der Waals surface area contributed by atoms with Crippen LogP contribution in [0.1, 0.15) is 30.9 Å². The number of hydrogen-bond donors (Lipinski definition) is 1. The maximum Gasteiger partial charge on any atom is 0.0476 e. The predicted molar refractivity (Wildman–Crippen MR) is 78.3 cm³/mol. The van der Waals surface area contributed by atoms with E-state index in [2.05, 4.69) is 37.4 Å². The van der Waals surface area contributed by atoms with Crippen LogP contribution in [0, 0.1) is 6.92 Å². The lowest BCUT2D eigenvalue weighted by Gasteiger charge is -2.21. The Morgan fingerprint density at radius 3 is 2.78 bits per heavy atom. The molecule has 0 aromatic heterocycles. The maximum atomic E-state index is 5.40.